The lowest BCUT2D eigenvalue weighted by molar-refractivity contribution is -0.138. The molecule has 0 bridgehead atoms. The van der Waals surface area contributed by atoms with Gasteiger partial charge in [-0.2, -0.15) is 0 Å². The molecule has 1 saturated heterocycles. The molecule has 1 aromatic carbocycles. The zero-order chi connectivity index (χ0) is 16.8. The van der Waals surface area contributed by atoms with E-state index >= 15 is 0 Å². The highest BCUT2D eigenvalue weighted by molar-refractivity contribution is 5.78. The van der Waals surface area contributed by atoms with Gasteiger partial charge in [-0.15, -0.1) is 0 Å². The molecule has 24 heavy (non-hydrogen) atoms. The SMILES string of the molecule is Cc1ccc(CC(=O)N2CCO[C@@H](CCc3ccccc3)C2)cn1. The van der Waals surface area contributed by atoms with Crippen molar-refractivity contribution in [3.63, 3.8) is 0 Å². The summed E-state index contributed by atoms with van der Waals surface area (Å²) < 4.78 is 5.84. The van der Waals surface area contributed by atoms with Crippen LogP contribution in [0.5, 0.6) is 0 Å². The minimum Gasteiger partial charge on any atom is -0.375 e. The molecule has 0 N–H and O–H groups in total. The molecule has 1 amide bonds. The van der Waals surface area contributed by atoms with Gasteiger partial charge in [-0.3, -0.25) is 9.78 Å². The van der Waals surface area contributed by atoms with E-state index in [2.05, 4.69) is 29.2 Å². The third-order valence-corrected chi connectivity index (χ3v) is 4.42. The van der Waals surface area contributed by atoms with E-state index in [0.717, 1.165) is 24.1 Å². The number of pyridine rings is 1. The number of morpholine rings is 1. The molecule has 0 spiro atoms. The molecule has 1 aliphatic heterocycles. The molecule has 4 nitrogen and oxygen atoms in total. The van der Waals surface area contributed by atoms with Gasteiger partial charge in [0.15, 0.2) is 0 Å². The fourth-order valence-electron chi connectivity index (χ4n) is 2.98. The summed E-state index contributed by atoms with van der Waals surface area (Å²) in [5, 5.41) is 0. The first kappa shape index (κ1) is 16.7. The Labute approximate surface area is 143 Å². The Hall–Kier alpha value is -2.20. The first-order valence-corrected chi connectivity index (χ1v) is 8.55. The van der Waals surface area contributed by atoms with Crippen molar-refractivity contribution in [1.29, 1.82) is 0 Å². The van der Waals surface area contributed by atoms with E-state index in [4.69, 9.17) is 4.74 Å². The molecule has 3 rings (SSSR count). The van der Waals surface area contributed by atoms with Crippen molar-refractivity contribution >= 4 is 5.91 Å². The number of rotatable bonds is 5. The largest absolute Gasteiger partial charge is 0.375 e. The van der Waals surface area contributed by atoms with Gasteiger partial charge in [0.1, 0.15) is 0 Å². The number of amides is 1. The van der Waals surface area contributed by atoms with Crippen molar-refractivity contribution in [3.05, 3.63) is 65.5 Å². The molecule has 4 heteroatoms. The summed E-state index contributed by atoms with van der Waals surface area (Å²) in [6, 6.07) is 14.3. The minimum atomic E-state index is 0.124. The van der Waals surface area contributed by atoms with Gasteiger partial charge in [0.05, 0.1) is 19.1 Å². The average Bonchev–Trinajstić information content (AvgIpc) is 2.63. The molecule has 126 valence electrons. The summed E-state index contributed by atoms with van der Waals surface area (Å²) in [6.07, 6.45) is 4.26. The normalized spacial score (nSPS) is 17.7. The first-order valence-electron chi connectivity index (χ1n) is 8.55. The smallest absolute Gasteiger partial charge is 0.227 e. The Morgan fingerprint density at radius 3 is 2.79 bits per heavy atom. The van der Waals surface area contributed by atoms with Crippen LogP contribution in [-0.2, 0) is 22.4 Å². The molecule has 1 atom stereocenters. The van der Waals surface area contributed by atoms with Crippen LogP contribution in [0.15, 0.2) is 48.7 Å². The van der Waals surface area contributed by atoms with Crippen LogP contribution < -0.4 is 0 Å². The number of ether oxygens (including phenoxy) is 1. The molecule has 2 aromatic rings. The number of hydrogen-bond donors (Lipinski definition) is 0. The standard InChI is InChI=1S/C20H24N2O2/c1-16-7-8-18(14-21-16)13-20(23)22-11-12-24-19(15-22)10-9-17-5-3-2-4-6-17/h2-8,14,19H,9-13,15H2,1H3/t19-/m0/s1. The molecular formula is C20H24N2O2. The van der Waals surface area contributed by atoms with E-state index in [1.807, 2.05) is 30.0 Å². The monoisotopic (exact) mass is 324 g/mol. The summed E-state index contributed by atoms with van der Waals surface area (Å²) in [5.74, 6) is 0.161. The molecule has 0 unspecified atom stereocenters. The van der Waals surface area contributed by atoms with Crippen LogP contribution in [0.1, 0.15) is 23.2 Å². The summed E-state index contributed by atoms with van der Waals surface area (Å²) >= 11 is 0. The summed E-state index contributed by atoms with van der Waals surface area (Å²) in [4.78, 5) is 18.7. The van der Waals surface area contributed by atoms with Crippen molar-refractivity contribution < 1.29 is 9.53 Å². The zero-order valence-electron chi connectivity index (χ0n) is 14.1. The van der Waals surface area contributed by atoms with E-state index < -0.39 is 0 Å². The molecule has 0 radical (unpaired) electrons. The predicted molar refractivity (Wildman–Crippen MR) is 93.8 cm³/mol. The number of carbonyl (C=O) groups is 1. The second-order valence-corrected chi connectivity index (χ2v) is 6.34. The van der Waals surface area contributed by atoms with Crippen molar-refractivity contribution in [2.24, 2.45) is 0 Å². The van der Waals surface area contributed by atoms with Crippen LogP contribution in [0.4, 0.5) is 0 Å². The third-order valence-electron chi connectivity index (χ3n) is 4.42. The van der Waals surface area contributed by atoms with E-state index in [9.17, 15) is 4.79 Å². The highest BCUT2D eigenvalue weighted by atomic mass is 16.5. The molecule has 2 heterocycles. The quantitative estimate of drug-likeness (QED) is 0.849. The van der Waals surface area contributed by atoms with E-state index in [0.29, 0.717) is 26.1 Å². The maximum absolute atomic E-state index is 12.5. The average molecular weight is 324 g/mol. The number of aromatic nitrogens is 1. The number of aryl methyl sites for hydroxylation is 2. The number of benzene rings is 1. The van der Waals surface area contributed by atoms with E-state index in [-0.39, 0.29) is 12.0 Å². The second-order valence-electron chi connectivity index (χ2n) is 6.34. The number of nitrogens with zero attached hydrogens (tertiary/aromatic N) is 2. The first-order chi connectivity index (χ1) is 11.7. The maximum atomic E-state index is 12.5. The summed E-state index contributed by atoms with van der Waals surface area (Å²) in [5.41, 5.74) is 3.26. The van der Waals surface area contributed by atoms with Gasteiger partial charge in [-0.1, -0.05) is 36.4 Å². The molecular weight excluding hydrogens is 300 g/mol. The van der Waals surface area contributed by atoms with Gasteiger partial charge in [0.25, 0.3) is 0 Å². The Balaban J connectivity index is 1.51. The summed E-state index contributed by atoms with van der Waals surface area (Å²) in [6.45, 7) is 3.94. The van der Waals surface area contributed by atoms with E-state index in [1.54, 1.807) is 6.20 Å². The zero-order valence-corrected chi connectivity index (χ0v) is 14.1. The second kappa shape index (κ2) is 8.06. The van der Waals surface area contributed by atoms with Crippen LogP contribution in [0.2, 0.25) is 0 Å². The van der Waals surface area contributed by atoms with Crippen LogP contribution in [0.25, 0.3) is 0 Å². The van der Waals surface area contributed by atoms with Gasteiger partial charge in [0, 0.05) is 25.0 Å². The number of carbonyl (C=O) groups excluding carboxylic acids is 1. The highest BCUT2D eigenvalue weighted by Gasteiger charge is 2.24. The highest BCUT2D eigenvalue weighted by Crippen LogP contribution is 2.14. The molecule has 1 aromatic heterocycles. The van der Waals surface area contributed by atoms with Crippen LogP contribution in [-0.4, -0.2) is 41.6 Å². The number of hydrogen-bond acceptors (Lipinski definition) is 3. The fraction of sp³-hybridized carbons (Fsp3) is 0.400. The molecule has 1 aliphatic rings. The van der Waals surface area contributed by atoms with E-state index in [1.165, 1.54) is 5.56 Å². The third kappa shape index (κ3) is 4.65. The molecule has 0 saturated carbocycles. The van der Waals surface area contributed by atoms with Crippen LogP contribution in [0.3, 0.4) is 0 Å². The molecule has 1 fully saturated rings. The van der Waals surface area contributed by atoms with Gasteiger partial charge in [-0.25, -0.2) is 0 Å². The Bertz CT molecular complexity index is 655. The lowest BCUT2D eigenvalue weighted by Gasteiger charge is -2.33. The van der Waals surface area contributed by atoms with Gasteiger partial charge in [-0.05, 0) is 37.0 Å². The van der Waals surface area contributed by atoms with Crippen LogP contribution in [0, 0.1) is 6.92 Å². The van der Waals surface area contributed by atoms with Gasteiger partial charge in [0.2, 0.25) is 5.91 Å². The topological polar surface area (TPSA) is 42.4 Å². The lowest BCUT2D eigenvalue weighted by Crippen LogP contribution is -2.46. The predicted octanol–water partition coefficient (Wildman–Crippen LogP) is 2.79. The Morgan fingerprint density at radius 2 is 2.04 bits per heavy atom. The van der Waals surface area contributed by atoms with Crippen molar-refractivity contribution in [1.82, 2.24) is 9.88 Å². The van der Waals surface area contributed by atoms with Crippen molar-refractivity contribution in [2.75, 3.05) is 19.7 Å². The lowest BCUT2D eigenvalue weighted by atomic mass is 10.1. The fourth-order valence-corrected chi connectivity index (χ4v) is 2.98. The Kier molecular flexibility index (Phi) is 5.59. The van der Waals surface area contributed by atoms with Crippen LogP contribution >= 0.6 is 0 Å². The molecule has 0 aliphatic carbocycles. The van der Waals surface area contributed by atoms with Crippen molar-refractivity contribution in [3.8, 4) is 0 Å². The Morgan fingerprint density at radius 1 is 1.21 bits per heavy atom. The van der Waals surface area contributed by atoms with Crippen molar-refractivity contribution in [2.45, 2.75) is 32.3 Å². The minimum absolute atomic E-state index is 0.124. The summed E-state index contributed by atoms with van der Waals surface area (Å²) in [7, 11) is 0. The maximum Gasteiger partial charge on any atom is 0.227 e. The van der Waals surface area contributed by atoms with Gasteiger partial charge >= 0.3 is 0 Å². The van der Waals surface area contributed by atoms with Gasteiger partial charge < -0.3 is 9.64 Å².